The van der Waals surface area contributed by atoms with Crippen LogP contribution in [-0.2, 0) is 42.9 Å². The van der Waals surface area contributed by atoms with E-state index < -0.39 is 77.2 Å². The molecule has 0 spiro atoms. The predicted molar refractivity (Wildman–Crippen MR) is 175 cm³/mol. The van der Waals surface area contributed by atoms with E-state index in [1.165, 1.54) is 20.8 Å². The van der Waals surface area contributed by atoms with Crippen molar-refractivity contribution in [1.29, 1.82) is 0 Å². The summed E-state index contributed by atoms with van der Waals surface area (Å²) in [5.74, 6) is -3.85. The van der Waals surface area contributed by atoms with E-state index in [2.05, 4.69) is 6.58 Å². The molecule has 2 bridgehead atoms. The average Bonchev–Trinajstić information content (AvgIpc) is 2.98. The molecule has 11 nitrogen and oxygen atoms in total. The molecule has 1 N–H and O–H groups in total. The number of benzene rings is 1. The number of carbonyl (C=O) groups is 5. The average molecular weight is 668 g/mol. The Hall–Kier alpha value is -3.83. The lowest BCUT2D eigenvalue weighted by molar-refractivity contribution is -0.212. The van der Waals surface area contributed by atoms with Crippen LogP contribution in [0.5, 0.6) is 0 Å². The summed E-state index contributed by atoms with van der Waals surface area (Å²) in [5, 5.41) is 11.3. The number of fused-ring (bicyclic) bond motifs is 3. The van der Waals surface area contributed by atoms with Gasteiger partial charge in [0, 0.05) is 33.6 Å². The molecule has 1 aromatic rings. The number of likely N-dealkylation sites (N-methyl/N-ethyl adjacent to an activating group) is 1. The molecule has 0 aliphatic heterocycles. The van der Waals surface area contributed by atoms with Crippen molar-refractivity contribution in [2.45, 2.75) is 104 Å². The molecule has 2 fully saturated rings. The summed E-state index contributed by atoms with van der Waals surface area (Å²) in [6, 6.07) is 8.37. The number of ketones is 1. The first kappa shape index (κ1) is 37.0. The Kier molecular flexibility index (Phi) is 10.8. The fourth-order valence-electron chi connectivity index (χ4n) is 8.36. The van der Waals surface area contributed by atoms with Crippen LogP contribution in [0.4, 0.5) is 0 Å². The molecule has 0 heterocycles. The molecule has 48 heavy (non-hydrogen) atoms. The van der Waals surface area contributed by atoms with Gasteiger partial charge in [0.2, 0.25) is 0 Å². The molecule has 9 atom stereocenters. The number of allylic oxidation sites excluding steroid dienone is 1. The van der Waals surface area contributed by atoms with Crippen molar-refractivity contribution < 1.29 is 48.0 Å². The molecule has 0 radical (unpaired) electrons. The third kappa shape index (κ3) is 6.85. The third-order valence-corrected chi connectivity index (χ3v) is 10.8. The van der Waals surface area contributed by atoms with Gasteiger partial charge in [-0.15, -0.1) is 0 Å². The number of hydrogen-bond donors (Lipinski definition) is 1. The molecule has 2 saturated carbocycles. The van der Waals surface area contributed by atoms with Crippen molar-refractivity contribution in [1.82, 2.24) is 4.90 Å². The highest BCUT2D eigenvalue weighted by Crippen LogP contribution is 2.60. The first-order valence-corrected chi connectivity index (χ1v) is 16.4. The van der Waals surface area contributed by atoms with Crippen molar-refractivity contribution in [3.05, 3.63) is 59.2 Å². The zero-order valence-corrected chi connectivity index (χ0v) is 29.4. The molecular formula is C37H49NO10. The second kappa shape index (κ2) is 14.0. The van der Waals surface area contributed by atoms with Crippen LogP contribution in [0.25, 0.3) is 0 Å². The van der Waals surface area contributed by atoms with Gasteiger partial charge in [-0.3, -0.25) is 24.1 Å². The Morgan fingerprint density at radius 2 is 1.50 bits per heavy atom. The molecule has 262 valence electrons. The summed E-state index contributed by atoms with van der Waals surface area (Å²) >= 11 is 0. The zero-order chi connectivity index (χ0) is 35.9. The van der Waals surface area contributed by atoms with Gasteiger partial charge in [0.25, 0.3) is 0 Å². The second-order valence-electron chi connectivity index (χ2n) is 14.4. The Labute approximate surface area is 282 Å². The van der Waals surface area contributed by atoms with Crippen molar-refractivity contribution in [2.75, 3.05) is 14.1 Å². The molecule has 3 aliphatic rings. The molecule has 3 aliphatic carbocycles. The first-order chi connectivity index (χ1) is 22.3. The van der Waals surface area contributed by atoms with Gasteiger partial charge in [-0.25, -0.2) is 4.79 Å². The van der Waals surface area contributed by atoms with Crippen LogP contribution in [0, 0.1) is 22.7 Å². The monoisotopic (exact) mass is 667 g/mol. The zero-order valence-electron chi connectivity index (χ0n) is 29.4. The minimum Gasteiger partial charge on any atom is -0.462 e. The van der Waals surface area contributed by atoms with Gasteiger partial charge >= 0.3 is 23.9 Å². The maximum Gasteiger partial charge on any atom is 0.337 e. The lowest BCUT2D eigenvalue weighted by Gasteiger charge is -2.59. The third-order valence-electron chi connectivity index (χ3n) is 10.8. The van der Waals surface area contributed by atoms with Crippen LogP contribution in [0.1, 0.15) is 79.3 Å². The minimum absolute atomic E-state index is 0.0581. The highest BCUT2D eigenvalue weighted by Gasteiger charge is 2.64. The molecule has 0 unspecified atom stereocenters. The summed E-state index contributed by atoms with van der Waals surface area (Å²) in [5.41, 5.74) is 0.235. The summed E-state index contributed by atoms with van der Waals surface area (Å²) < 4.78 is 24.0. The van der Waals surface area contributed by atoms with Crippen molar-refractivity contribution in [3.8, 4) is 0 Å². The minimum atomic E-state index is -1.57. The lowest BCUT2D eigenvalue weighted by Crippen LogP contribution is -2.64. The molecule has 11 heteroatoms. The summed E-state index contributed by atoms with van der Waals surface area (Å²) in [6.07, 6.45) is -5.49. The lowest BCUT2D eigenvalue weighted by atomic mass is 9.49. The summed E-state index contributed by atoms with van der Waals surface area (Å²) in [4.78, 5) is 67.0. The standard InChI is InChI=1S/C37H49NO10/c1-19-26-16-25-17-27(42)20(2)30(36(25,6)7)33(46-22(4)40)34(47-23(5)41)37(26,8)29(45-21(3)39)18-28(19)48-35(44)32(43)31(38(9)10)24-14-12-11-13-15-24/h11-15,25-26,28-29,31-34,43H,1,16-18H2,2-10H3/t25-,26+,28+,29-,31-,32-,33-,34+,37+/m1/s1. The van der Waals surface area contributed by atoms with Crippen molar-refractivity contribution in [2.24, 2.45) is 22.7 Å². The van der Waals surface area contributed by atoms with Crippen LogP contribution in [0.15, 0.2) is 53.6 Å². The maximum absolute atomic E-state index is 13.7. The number of Topliss-reactive ketones (excluding diaryl/α,β-unsaturated/α-hetero) is 1. The molecule has 0 amide bonds. The van der Waals surface area contributed by atoms with Crippen LogP contribution in [0.3, 0.4) is 0 Å². The number of nitrogens with zero attached hydrogens (tertiary/aromatic N) is 1. The van der Waals surface area contributed by atoms with Gasteiger partial charge in [-0.2, -0.15) is 0 Å². The van der Waals surface area contributed by atoms with Gasteiger partial charge in [-0.1, -0.05) is 57.7 Å². The van der Waals surface area contributed by atoms with E-state index in [1.807, 2.05) is 44.2 Å². The maximum atomic E-state index is 13.7. The highest BCUT2D eigenvalue weighted by atomic mass is 16.6. The number of esters is 4. The smallest absolute Gasteiger partial charge is 0.337 e. The number of rotatable bonds is 8. The number of aliphatic hydroxyl groups is 1. The molecule has 0 saturated heterocycles. The molecule has 1 aromatic carbocycles. The van der Waals surface area contributed by atoms with Crippen LogP contribution in [0.2, 0.25) is 0 Å². The topological polar surface area (TPSA) is 146 Å². The Morgan fingerprint density at radius 3 is 2.04 bits per heavy atom. The Balaban J connectivity index is 1.85. The number of carbonyl (C=O) groups excluding carboxylic acids is 5. The second-order valence-corrected chi connectivity index (χ2v) is 14.4. The van der Waals surface area contributed by atoms with E-state index in [1.54, 1.807) is 32.8 Å². The van der Waals surface area contributed by atoms with Crippen LogP contribution >= 0.6 is 0 Å². The van der Waals surface area contributed by atoms with E-state index in [-0.39, 0.29) is 24.5 Å². The molecular weight excluding hydrogens is 618 g/mol. The summed E-state index contributed by atoms with van der Waals surface area (Å²) in [6.45, 7) is 15.6. The van der Waals surface area contributed by atoms with E-state index in [4.69, 9.17) is 18.9 Å². The Bertz CT molecular complexity index is 1500. The van der Waals surface area contributed by atoms with E-state index in [0.717, 1.165) is 0 Å². The summed E-state index contributed by atoms with van der Waals surface area (Å²) in [7, 11) is 3.49. The largest absolute Gasteiger partial charge is 0.462 e. The normalized spacial score (nSPS) is 31.1. The number of aliphatic hydroxyl groups excluding tert-OH is 1. The number of hydrogen-bond acceptors (Lipinski definition) is 11. The number of ether oxygens (including phenoxy) is 4. The predicted octanol–water partition coefficient (Wildman–Crippen LogP) is 4.27. The van der Waals surface area contributed by atoms with E-state index in [0.29, 0.717) is 28.7 Å². The van der Waals surface area contributed by atoms with Gasteiger partial charge in [0.05, 0.1) is 11.5 Å². The van der Waals surface area contributed by atoms with E-state index in [9.17, 15) is 29.1 Å². The van der Waals surface area contributed by atoms with Crippen LogP contribution < -0.4 is 0 Å². The fraction of sp³-hybridized carbons (Fsp3) is 0.595. The molecule has 4 rings (SSSR count). The highest BCUT2D eigenvalue weighted by molar-refractivity contribution is 5.97. The fourth-order valence-corrected chi connectivity index (χ4v) is 8.36. The van der Waals surface area contributed by atoms with Gasteiger partial charge < -0.3 is 24.1 Å². The Morgan fingerprint density at radius 1 is 0.917 bits per heavy atom. The van der Waals surface area contributed by atoms with Crippen molar-refractivity contribution in [3.63, 3.8) is 0 Å². The first-order valence-electron chi connectivity index (χ1n) is 16.4. The quantitative estimate of drug-likeness (QED) is 0.241. The van der Waals surface area contributed by atoms with E-state index >= 15 is 0 Å². The van der Waals surface area contributed by atoms with Gasteiger partial charge in [0.15, 0.2) is 24.1 Å². The van der Waals surface area contributed by atoms with Crippen molar-refractivity contribution >= 4 is 29.7 Å². The SMILES string of the molecule is C=C1[C@@H](OC(=O)[C@H](O)[C@@H](c2ccccc2)N(C)C)C[C@@H](OC(C)=O)[C@]2(C)[C@H]1C[C@@H]1CC(=O)C(C)=C([C@@H](OC(C)=O)[C@@H]2OC(C)=O)C1(C)C. The van der Waals surface area contributed by atoms with Crippen LogP contribution in [-0.4, -0.2) is 84.3 Å². The van der Waals surface area contributed by atoms with Gasteiger partial charge in [-0.05, 0) is 67.0 Å². The molecule has 0 aromatic heterocycles. The van der Waals surface area contributed by atoms with Gasteiger partial charge in [0.1, 0.15) is 12.2 Å².